The van der Waals surface area contributed by atoms with Crippen molar-refractivity contribution in [2.45, 2.75) is 31.3 Å². The van der Waals surface area contributed by atoms with Crippen molar-refractivity contribution in [2.24, 2.45) is 0 Å². The van der Waals surface area contributed by atoms with Crippen molar-refractivity contribution in [2.75, 3.05) is 35.0 Å². The Morgan fingerprint density at radius 2 is 1.43 bits per heavy atom. The molecule has 3 rings (SSSR count). The van der Waals surface area contributed by atoms with E-state index in [1.165, 1.54) is 0 Å². The monoisotopic (exact) mass is 415 g/mol. The highest BCUT2D eigenvalue weighted by Gasteiger charge is 2.38. The molecule has 0 amide bonds. The van der Waals surface area contributed by atoms with E-state index in [2.05, 4.69) is 0 Å². The molecule has 2 aromatic carbocycles. The van der Waals surface area contributed by atoms with Crippen LogP contribution in [0.2, 0.25) is 0 Å². The summed E-state index contributed by atoms with van der Waals surface area (Å²) in [6.07, 6.45) is 2.38. The Kier molecular flexibility index (Phi) is 7.05. The van der Waals surface area contributed by atoms with E-state index in [-0.39, 0.29) is 0 Å². The quantitative estimate of drug-likeness (QED) is 0.704. The van der Waals surface area contributed by atoms with E-state index in [9.17, 15) is 9.90 Å². The lowest BCUT2D eigenvalue weighted by atomic mass is 9.90. The Balaban J connectivity index is 2.26. The molecule has 0 radical (unpaired) electrons. The van der Waals surface area contributed by atoms with Crippen LogP contribution in [0.5, 0.6) is 23.0 Å². The molecule has 0 saturated carbocycles. The van der Waals surface area contributed by atoms with Crippen LogP contribution >= 0.6 is 0 Å². The topological polar surface area (TPSA) is 77.5 Å². The lowest BCUT2D eigenvalue weighted by Crippen LogP contribution is -2.47. The van der Waals surface area contributed by atoms with Gasteiger partial charge >= 0.3 is 5.97 Å². The molecule has 0 aliphatic carbocycles. The van der Waals surface area contributed by atoms with Crippen LogP contribution in [0.15, 0.2) is 36.4 Å². The van der Waals surface area contributed by atoms with Gasteiger partial charge in [0.25, 0.3) is 0 Å². The summed E-state index contributed by atoms with van der Waals surface area (Å²) in [6.45, 7) is 0.641. The van der Waals surface area contributed by atoms with Gasteiger partial charge in [-0.2, -0.15) is 0 Å². The number of nitrogens with zero attached hydrogens (tertiary/aromatic N) is 1. The SMILES string of the molecule is COc1ccc(OC)c(C(c2cc(OC)ccc2OC)N2CCCCC2C(=O)O)c1. The number of ether oxygens (including phenoxy) is 4. The Morgan fingerprint density at radius 1 is 0.900 bits per heavy atom. The molecule has 1 fully saturated rings. The highest BCUT2D eigenvalue weighted by Crippen LogP contribution is 2.44. The fraction of sp³-hybridized carbons (Fsp3) is 0.435. The van der Waals surface area contributed by atoms with Gasteiger partial charge in [0.1, 0.15) is 29.0 Å². The van der Waals surface area contributed by atoms with Crippen molar-refractivity contribution in [1.29, 1.82) is 0 Å². The number of carboxylic acid groups (broad SMARTS) is 1. The molecule has 1 saturated heterocycles. The van der Waals surface area contributed by atoms with E-state index >= 15 is 0 Å². The van der Waals surface area contributed by atoms with Crippen LogP contribution in [-0.2, 0) is 4.79 Å². The molecule has 30 heavy (non-hydrogen) atoms. The van der Waals surface area contributed by atoms with E-state index in [1.54, 1.807) is 28.4 Å². The second kappa shape index (κ2) is 9.71. The van der Waals surface area contributed by atoms with Gasteiger partial charge in [0, 0.05) is 11.1 Å². The number of carboxylic acids is 1. The van der Waals surface area contributed by atoms with E-state index in [0.717, 1.165) is 24.0 Å². The zero-order valence-electron chi connectivity index (χ0n) is 17.9. The highest BCUT2D eigenvalue weighted by atomic mass is 16.5. The van der Waals surface area contributed by atoms with E-state index in [4.69, 9.17) is 18.9 Å². The molecular formula is C23H29NO6. The first-order valence-corrected chi connectivity index (χ1v) is 9.96. The van der Waals surface area contributed by atoms with E-state index < -0.39 is 18.1 Å². The van der Waals surface area contributed by atoms with Gasteiger partial charge in [-0.15, -0.1) is 0 Å². The molecule has 7 nitrogen and oxygen atoms in total. The third-order valence-electron chi connectivity index (χ3n) is 5.62. The third kappa shape index (κ3) is 4.31. The summed E-state index contributed by atoms with van der Waals surface area (Å²) in [5.74, 6) is 1.81. The summed E-state index contributed by atoms with van der Waals surface area (Å²) < 4.78 is 22.2. The van der Waals surface area contributed by atoms with Gasteiger partial charge in [-0.1, -0.05) is 6.42 Å². The lowest BCUT2D eigenvalue weighted by Gasteiger charge is -2.40. The van der Waals surface area contributed by atoms with Crippen molar-refractivity contribution in [3.63, 3.8) is 0 Å². The van der Waals surface area contributed by atoms with Crippen molar-refractivity contribution in [1.82, 2.24) is 4.90 Å². The van der Waals surface area contributed by atoms with Crippen LogP contribution < -0.4 is 18.9 Å². The first-order valence-electron chi connectivity index (χ1n) is 9.96. The van der Waals surface area contributed by atoms with Crippen molar-refractivity contribution in [3.05, 3.63) is 47.5 Å². The summed E-state index contributed by atoms with van der Waals surface area (Å²) in [5.41, 5.74) is 1.63. The number of methoxy groups -OCH3 is 4. The van der Waals surface area contributed by atoms with Crippen molar-refractivity contribution >= 4 is 5.97 Å². The molecule has 2 aromatic rings. The fourth-order valence-corrected chi connectivity index (χ4v) is 4.16. The van der Waals surface area contributed by atoms with Crippen LogP contribution in [0, 0.1) is 0 Å². The zero-order chi connectivity index (χ0) is 21.7. The molecule has 1 heterocycles. The van der Waals surface area contributed by atoms with Crippen molar-refractivity contribution < 1.29 is 28.8 Å². The van der Waals surface area contributed by atoms with Crippen LogP contribution in [0.25, 0.3) is 0 Å². The third-order valence-corrected chi connectivity index (χ3v) is 5.62. The minimum Gasteiger partial charge on any atom is -0.497 e. The number of carbonyl (C=O) groups is 1. The molecule has 1 unspecified atom stereocenters. The summed E-state index contributed by atoms with van der Waals surface area (Å²) in [4.78, 5) is 14.1. The fourth-order valence-electron chi connectivity index (χ4n) is 4.16. The Hall–Kier alpha value is -2.93. The lowest BCUT2D eigenvalue weighted by molar-refractivity contribution is -0.145. The van der Waals surface area contributed by atoms with E-state index in [1.807, 2.05) is 41.3 Å². The Morgan fingerprint density at radius 3 is 1.87 bits per heavy atom. The normalized spacial score (nSPS) is 16.9. The molecule has 1 aliphatic heterocycles. The van der Waals surface area contributed by atoms with Gasteiger partial charge < -0.3 is 24.1 Å². The minimum absolute atomic E-state index is 0.415. The average molecular weight is 415 g/mol. The van der Waals surface area contributed by atoms with Crippen LogP contribution in [0.1, 0.15) is 36.4 Å². The molecule has 1 atom stereocenters. The predicted molar refractivity (Wildman–Crippen MR) is 113 cm³/mol. The predicted octanol–water partition coefficient (Wildman–Crippen LogP) is 3.75. The molecule has 7 heteroatoms. The zero-order valence-corrected chi connectivity index (χ0v) is 17.9. The van der Waals surface area contributed by atoms with Gasteiger partial charge in [-0.25, -0.2) is 0 Å². The molecule has 1 aliphatic rings. The standard InChI is InChI=1S/C23H29NO6/c1-27-15-8-10-20(29-3)17(13-15)22(24-12-6-5-7-19(24)23(25)26)18-14-16(28-2)9-11-21(18)30-4/h8-11,13-14,19,22H,5-7,12H2,1-4H3,(H,25,26). The number of hydrogen-bond donors (Lipinski definition) is 1. The molecular weight excluding hydrogens is 386 g/mol. The Labute approximate surface area is 177 Å². The summed E-state index contributed by atoms with van der Waals surface area (Å²) in [6, 6.07) is 10.1. The van der Waals surface area contributed by atoms with Gasteiger partial charge in [0.2, 0.25) is 0 Å². The van der Waals surface area contributed by atoms with Gasteiger partial charge in [0.05, 0.1) is 34.5 Å². The number of rotatable bonds is 8. The first-order chi connectivity index (χ1) is 14.5. The van der Waals surface area contributed by atoms with Crippen LogP contribution in [0.4, 0.5) is 0 Å². The number of hydrogen-bond acceptors (Lipinski definition) is 6. The molecule has 1 N–H and O–H groups in total. The summed E-state index contributed by atoms with van der Waals surface area (Å²) in [7, 11) is 6.42. The second-order valence-electron chi connectivity index (χ2n) is 7.21. The molecule has 0 bridgehead atoms. The van der Waals surface area contributed by atoms with Gasteiger partial charge in [-0.05, 0) is 55.8 Å². The van der Waals surface area contributed by atoms with Gasteiger partial charge in [0.15, 0.2) is 0 Å². The maximum absolute atomic E-state index is 12.1. The maximum Gasteiger partial charge on any atom is 0.320 e. The molecule has 0 aromatic heterocycles. The average Bonchev–Trinajstić information content (AvgIpc) is 2.79. The number of aliphatic carboxylic acids is 1. The largest absolute Gasteiger partial charge is 0.497 e. The number of piperidine rings is 1. The van der Waals surface area contributed by atoms with Crippen LogP contribution in [0.3, 0.4) is 0 Å². The van der Waals surface area contributed by atoms with Crippen molar-refractivity contribution in [3.8, 4) is 23.0 Å². The molecule has 0 spiro atoms. The summed E-state index contributed by atoms with van der Waals surface area (Å²) >= 11 is 0. The highest BCUT2D eigenvalue weighted by molar-refractivity contribution is 5.74. The maximum atomic E-state index is 12.1. The van der Waals surface area contributed by atoms with E-state index in [0.29, 0.717) is 36.0 Å². The smallest absolute Gasteiger partial charge is 0.320 e. The Bertz CT molecular complexity index is 828. The molecule has 162 valence electrons. The minimum atomic E-state index is -0.830. The summed E-state index contributed by atoms with van der Waals surface area (Å²) in [5, 5.41) is 9.95. The second-order valence-corrected chi connectivity index (χ2v) is 7.21. The van der Waals surface area contributed by atoms with Gasteiger partial charge in [-0.3, -0.25) is 9.69 Å². The first kappa shape index (κ1) is 21.8. The number of benzene rings is 2. The number of likely N-dealkylation sites (tertiary alicyclic amines) is 1. The van der Waals surface area contributed by atoms with Crippen LogP contribution in [-0.4, -0.2) is 57.0 Å².